The average Bonchev–Trinajstić information content (AvgIpc) is 2.79. The zero-order chi connectivity index (χ0) is 23.5. The summed E-state index contributed by atoms with van der Waals surface area (Å²) in [6.07, 6.45) is 1.24. The van der Waals surface area contributed by atoms with Crippen LogP contribution in [0.3, 0.4) is 0 Å². The molecule has 0 aromatic heterocycles. The lowest BCUT2D eigenvalue weighted by atomic mass is 10.1. The van der Waals surface area contributed by atoms with E-state index in [1.807, 2.05) is 13.8 Å². The van der Waals surface area contributed by atoms with Crippen LogP contribution in [-0.4, -0.2) is 40.0 Å². The molecule has 1 atom stereocenters. The zero-order valence-corrected chi connectivity index (χ0v) is 19.1. The van der Waals surface area contributed by atoms with E-state index in [9.17, 15) is 24.1 Å². The molecule has 0 fully saturated rings. The van der Waals surface area contributed by atoms with Crippen molar-refractivity contribution in [3.8, 4) is 0 Å². The smallest absolute Gasteiger partial charge is 0.269 e. The molecule has 172 valence electrons. The first-order valence-electron chi connectivity index (χ1n) is 10.5. The number of nitro groups is 1. The highest BCUT2D eigenvalue weighted by atomic mass is 32.2. The van der Waals surface area contributed by atoms with E-state index in [1.54, 1.807) is 29.2 Å². The number of halogens is 1. The molecule has 0 aliphatic carbocycles. The van der Waals surface area contributed by atoms with Crippen LogP contribution in [0.15, 0.2) is 48.5 Å². The predicted molar refractivity (Wildman–Crippen MR) is 124 cm³/mol. The quantitative estimate of drug-likeness (QED) is 0.376. The van der Waals surface area contributed by atoms with Crippen molar-refractivity contribution >= 4 is 29.3 Å². The molecule has 7 nitrogen and oxygen atoms in total. The summed E-state index contributed by atoms with van der Waals surface area (Å²) in [4.78, 5) is 37.6. The fraction of sp³-hybridized carbons (Fsp3) is 0.391. The number of carbonyl (C=O) groups is 2. The van der Waals surface area contributed by atoms with Crippen molar-refractivity contribution in [3.63, 3.8) is 0 Å². The number of carbonyl (C=O) groups excluding carboxylic acids is 2. The Balaban J connectivity index is 2.08. The Morgan fingerprint density at radius 1 is 1.09 bits per heavy atom. The summed E-state index contributed by atoms with van der Waals surface area (Å²) in [6.45, 7) is 4.54. The lowest BCUT2D eigenvalue weighted by Crippen LogP contribution is -2.49. The van der Waals surface area contributed by atoms with Gasteiger partial charge in [0.25, 0.3) is 5.69 Å². The van der Waals surface area contributed by atoms with Crippen molar-refractivity contribution in [2.45, 2.75) is 45.0 Å². The van der Waals surface area contributed by atoms with Crippen LogP contribution in [-0.2, 0) is 21.9 Å². The number of thioether (sulfide) groups is 1. The lowest BCUT2D eigenvalue weighted by molar-refractivity contribution is -0.384. The molecule has 0 aliphatic rings. The van der Waals surface area contributed by atoms with Gasteiger partial charge in [0.2, 0.25) is 11.8 Å². The van der Waals surface area contributed by atoms with Crippen molar-refractivity contribution in [2.24, 2.45) is 0 Å². The standard InChI is InChI=1S/C23H28FN3O4S/c1-3-13-25-23(29)21(4-2)26(14-17-5-9-19(24)10-6-17)22(28)16-32-15-18-7-11-20(12-8-18)27(30)31/h5-12,21H,3-4,13-16H2,1-2H3,(H,25,29)/t21-/m1/s1. The predicted octanol–water partition coefficient (Wildman–Crippen LogP) is 4.30. The number of hydrogen-bond donors (Lipinski definition) is 1. The summed E-state index contributed by atoms with van der Waals surface area (Å²) >= 11 is 1.37. The summed E-state index contributed by atoms with van der Waals surface area (Å²) in [6, 6.07) is 11.5. The summed E-state index contributed by atoms with van der Waals surface area (Å²) in [5.74, 6) is -0.106. The molecular weight excluding hydrogens is 433 g/mol. The Labute approximate surface area is 191 Å². The van der Waals surface area contributed by atoms with Gasteiger partial charge < -0.3 is 10.2 Å². The number of nitrogens with zero attached hydrogens (tertiary/aromatic N) is 2. The highest BCUT2D eigenvalue weighted by Gasteiger charge is 2.28. The van der Waals surface area contributed by atoms with Crippen molar-refractivity contribution in [1.82, 2.24) is 10.2 Å². The number of nitro benzene ring substituents is 1. The van der Waals surface area contributed by atoms with Gasteiger partial charge in [0, 0.05) is 31.0 Å². The topological polar surface area (TPSA) is 92.6 Å². The Hall–Kier alpha value is -2.94. The number of rotatable bonds is 12. The molecule has 2 aromatic rings. The van der Waals surface area contributed by atoms with Crippen LogP contribution in [0.2, 0.25) is 0 Å². The Kier molecular flexibility index (Phi) is 10.1. The molecule has 9 heteroatoms. The van der Waals surface area contributed by atoms with Gasteiger partial charge >= 0.3 is 0 Å². The molecule has 0 heterocycles. The SMILES string of the molecule is CCCNC(=O)[C@@H](CC)N(Cc1ccc(F)cc1)C(=O)CSCc1ccc([N+](=O)[O-])cc1. The molecular formula is C23H28FN3O4S. The van der Waals surface area contributed by atoms with E-state index < -0.39 is 11.0 Å². The van der Waals surface area contributed by atoms with Gasteiger partial charge in [0.1, 0.15) is 11.9 Å². The minimum atomic E-state index is -0.626. The van der Waals surface area contributed by atoms with Crippen molar-refractivity contribution in [1.29, 1.82) is 0 Å². The number of non-ortho nitro benzene ring substituents is 1. The average molecular weight is 462 g/mol. The second-order valence-electron chi connectivity index (χ2n) is 7.28. The molecule has 2 aromatic carbocycles. The van der Waals surface area contributed by atoms with Crippen molar-refractivity contribution in [3.05, 3.63) is 75.6 Å². The van der Waals surface area contributed by atoms with E-state index in [0.29, 0.717) is 18.7 Å². The minimum Gasteiger partial charge on any atom is -0.354 e. The minimum absolute atomic E-state index is 0.0178. The van der Waals surface area contributed by atoms with E-state index in [4.69, 9.17) is 0 Å². The Bertz CT molecular complexity index is 906. The van der Waals surface area contributed by atoms with Crippen LogP contribution in [0.1, 0.15) is 37.8 Å². The van der Waals surface area contributed by atoms with Crippen molar-refractivity contribution in [2.75, 3.05) is 12.3 Å². The number of amides is 2. The van der Waals surface area contributed by atoms with E-state index in [-0.39, 0.29) is 35.6 Å². The Morgan fingerprint density at radius 3 is 2.28 bits per heavy atom. The molecule has 0 saturated heterocycles. The third kappa shape index (κ3) is 7.64. The second-order valence-corrected chi connectivity index (χ2v) is 8.27. The van der Waals surface area contributed by atoms with E-state index in [2.05, 4.69) is 5.32 Å². The molecule has 0 unspecified atom stereocenters. The molecule has 32 heavy (non-hydrogen) atoms. The normalized spacial score (nSPS) is 11.6. The molecule has 0 radical (unpaired) electrons. The highest BCUT2D eigenvalue weighted by molar-refractivity contribution is 7.99. The van der Waals surface area contributed by atoms with Crippen LogP contribution in [0.5, 0.6) is 0 Å². The summed E-state index contributed by atoms with van der Waals surface area (Å²) in [7, 11) is 0. The van der Waals surface area contributed by atoms with Crippen molar-refractivity contribution < 1.29 is 18.9 Å². The summed E-state index contributed by atoms with van der Waals surface area (Å²) in [5, 5.41) is 13.6. The first-order chi connectivity index (χ1) is 15.3. The van der Waals surface area contributed by atoms with Crippen LogP contribution in [0.4, 0.5) is 10.1 Å². The van der Waals surface area contributed by atoms with E-state index in [0.717, 1.165) is 17.5 Å². The Morgan fingerprint density at radius 2 is 1.72 bits per heavy atom. The molecule has 2 amide bonds. The zero-order valence-electron chi connectivity index (χ0n) is 18.3. The van der Waals surface area contributed by atoms with Gasteiger partial charge in [-0.05, 0) is 36.1 Å². The molecule has 2 rings (SSSR count). The van der Waals surface area contributed by atoms with E-state index >= 15 is 0 Å². The molecule has 0 bridgehead atoms. The summed E-state index contributed by atoms with van der Waals surface area (Å²) in [5.41, 5.74) is 1.62. The maximum Gasteiger partial charge on any atom is 0.269 e. The lowest BCUT2D eigenvalue weighted by Gasteiger charge is -2.30. The fourth-order valence-corrected chi connectivity index (χ4v) is 4.00. The van der Waals surface area contributed by atoms with Gasteiger partial charge in [0.15, 0.2) is 0 Å². The van der Waals surface area contributed by atoms with Gasteiger partial charge in [-0.15, -0.1) is 11.8 Å². The van der Waals surface area contributed by atoms with Gasteiger partial charge in [-0.25, -0.2) is 4.39 Å². The van der Waals surface area contributed by atoms with Crippen LogP contribution in [0, 0.1) is 15.9 Å². The molecule has 0 spiro atoms. The van der Waals surface area contributed by atoms with E-state index in [1.165, 1.54) is 36.0 Å². The first kappa shape index (κ1) is 25.3. The third-order valence-corrected chi connectivity index (χ3v) is 5.83. The van der Waals surface area contributed by atoms with Crippen LogP contribution in [0.25, 0.3) is 0 Å². The van der Waals surface area contributed by atoms with Gasteiger partial charge in [-0.2, -0.15) is 0 Å². The number of hydrogen-bond acceptors (Lipinski definition) is 5. The maximum absolute atomic E-state index is 13.3. The number of benzene rings is 2. The van der Waals surface area contributed by atoms with Gasteiger partial charge in [-0.3, -0.25) is 19.7 Å². The second kappa shape index (κ2) is 12.8. The highest BCUT2D eigenvalue weighted by Crippen LogP contribution is 2.19. The van der Waals surface area contributed by atoms with Gasteiger partial charge in [0.05, 0.1) is 10.7 Å². The molecule has 0 saturated carbocycles. The first-order valence-corrected chi connectivity index (χ1v) is 11.6. The largest absolute Gasteiger partial charge is 0.354 e. The third-order valence-electron chi connectivity index (χ3n) is 4.84. The number of nitrogens with one attached hydrogen (secondary N) is 1. The maximum atomic E-state index is 13.3. The molecule has 1 N–H and O–H groups in total. The summed E-state index contributed by atoms with van der Waals surface area (Å²) < 4.78 is 13.3. The monoisotopic (exact) mass is 461 g/mol. The molecule has 0 aliphatic heterocycles. The van der Waals surface area contributed by atoms with Crippen LogP contribution < -0.4 is 5.32 Å². The fourth-order valence-electron chi connectivity index (χ4n) is 3.13. The van der Waals surface area contributed by atoms with Gasteiger partial charge in [-0.1, -0.05) is 38.1 Å². The van der Waals surface area contributed by atoms with Crippen LogP contribution >= 0.6 is 11.8 Å².